The van der Waals surface area contributed by atoms with E-state index in [1.54, 1.807) is 11.8 Å². The maximum Gasteiger partial charge on any atom is 0.261 e. The molecule has 0 heterocycles. The summed E-state index contributed by atoms with van der Waals surface area (Å²) >= 11 is 6.22. The van der Waals surface area contributed by atoms with Gasteiger partial charge in [-0.15, -0.1) is 0 Å². The van der Waals surface area contributed by atoms with Crippen LogP contribution in [0.3, 0.4) is 0 Å². The van der Waals surface area contributed by atoms with Gasteiger partial charge in [0.05, 0.1) is 0 Å². The van der Waals surface area contributed by atoms with Crippen molar-refractivity contribution in [1.29, 1.82) is 0 Å². The first-order valence-electron chi connectivity index (χ1n) is 10.5. The van der Waals surface area contributed by atoms with Crippen molar-refractivity contribution in [1.82, 2.24) is 10.2 Å². The number of carbonyl (C=O) groups is 2. The molecule has 2 aromatic carbocycles. The van der Waals surface area contributed by atoms with Crippen molar-refractivity contribution in [2.24, 2.45) is 0 Å². The topological polar surface area (TPSA) is 58.6 Å². The van der Waals surface area contributed by atoms with Gasteiger partial charge in [-0.25, -0.2) is 0 Å². The minimum absolute atomic E-state index is 0.150. The quantitative estimate of drug-likeness (QED) is 0.641. The zero-order valence-electron chi connectivity index (χ0n) is 19.3. The van der Waals surface area contributed by atoms with Crippen LogP contribution in [0.1, 0.15) is 44.4 Å². The number of aryl methyl sites for hydroxylation is 2. The molecule has 2 amide bonds. The first-order chi connectivity index (χ1) is 14.5. The molecule has 0 unspecified atom stereocenters. The fourth-order valence-corrected chi connectivity index (χ4v) is 3.37. The summed E-state index contributed by atoms with van der Waals surface area (Å²) in [6.45, 7) is 11.6. The van der Waals surface area contributed by atoms with Gasteiger partial charge in [0.2, 0.25) is 5.91 Å². The Bertz CT molecular complexity index is 884. The third-order valence-electron chi connectivity index (χ3n) is 4.92. The third-order valence-corrected chi connectivity index (χ3v) is 5.52. The fourth-order valence-electron chi connectivity index (χ4n) is 3.26. The second kappa shape index (κ2) is 10.7. The molecule has 1 atom stereocenters. The molecule has 0 saturated heterocycles. The van der Waals surface area contributed by atoms with Crippen LogP contribution in [0.2, 0.25) is 5.02 Å². The van der Waals surface area contributed by atoms with Gasteiger partial charge in [-0.05, 0) is 76.8 Å². The van der Waals surface area contributed by atoms with Gasteiger partial charge >= 0.3 is 0 Å². The number of benzene rings is 2. The minimum Gasteiger partial charge on any atom is -0.484 e. The van der Waals surface area contributed by atoms with Crippen LogP contribution in [0.15, 0.2) is 42.5 Å². The summed E-state index contributed by atoms with van der Waals surface area (Å²) in [4.78, 5) is 27.4. The van der Waals surface area contributed by atoms with Crippen molar-refractivity contribution >= 4 is 23.4 Å². The van der Waals surface area contributed by atoms with Gasteiger partial charge in [0.15, 0.2) is 6.61 Å². The number of amides is 2. The largest absolute Gasteiger partial charge is 0.484 e. The molecule has 0 aliphatic heterocycles. The van der Waals surface area contributed by atoms with Gasteiger partial charge in [-0.1, -0.05) is 41.9 Å². The van der Waals surface area contributed by atoms with Gasteiger partial charge in [-0.3, -0.25) is 9.59 Å². The number of hydrogen-bond donors (Lipinski definition) is 1. The molecule has 0 aromatic heterocycles. The van der Waals surface area contributed by atoms with Crippen LogP contribution in [0.25, 0.3) is 0 Å². The Morgan fingerprint density at radius 1 is 1.10 bits per heavy atom. The monoisotopic (exact) mass is 444 g/mol. The minimum atomic E-state index is -0.618. The molecular weight excluding hydrogens is 412 g/mol. The molecule has 0 saturated carbocycles. The van der Waals surface area contributed by atoms with Crippen LogP contribution in [-0.4, -0.2) is 41.4 Å². The summed E-state index contributed by atoms with van der Waals surface area (Å²) < 4.78 is 5.77. The van der Waals surface area contributed by atoms with E-state index >= 15 is 0 Å². The fraction of sp³-hybridized carbons (Fsp3) is 0.440. The van der Waals surface area contributed by atoms with Crippen LogP contribution in [-0.2, 0) is 16.0 Å². The van der Waals surface area contributed by atoms with E-state index in [9.17, 15) is 9.59 Å². The number of nitrogens with zero attached hydrogens (tertiary/aromatic N) is 1. The van der Waals surface area contributed by atoms with Gasteiger partial charge in [0.25, 0.3) is 5.91 Å². The normalized spacial score (nSPS) is 12.2. The average molecular weight is 445 g/mol. The standard InChI is InChI=1S/C25H33ClN2O3/c1-17-14-21(15-18(2)23(17)26)31-16-22(29)28(13-12-20-10-8-7-9-11-20)19(3)24(30)27-25(4,5)6/h7-11,14-15,19H,12-13,16H2,1-6H3,(H,27,30)/t19-/m1/s1. The van der Waals surface area contributed by atoms with Gasteiger partial charge in [0.1, 0.15) is 11.8 Å². The van der Waals surface area contributed by atoms with Crippen LogP contribution in [0.5, 0.6) is 5.75 Å². The molecule has 2 rings (SSSR count). The Morgan fingerprint density at radius 3 is 2.23 bits per heavy atom. The van der Waals surface area contributed by atoms with Gasteiger partial charge < -0.3 is 15.0 Å². The van der Waals surface area contributed by atoms with E-state index in [0.717, 1.165) is 16.7 Å². The van der Waals surface area contributed by atoms with Gasteiger partial charge in [-0.2, -0.15) is 0 Å². The third kappa shape index (κ3) is 7.59. The number of hydrogen-bond acceptors (Lipinski definition) is 3. The predicted molar refractivity (Wildman–Crippen MR) is 126 cm³/mol. The van der Waals surface area contributed by atoms with Crippen LogP contribution < -0.4 is 10.1 Å². The molecule has 0 radical (unpaired) electrons. The predicted octanol–water partition coefficient (Wildman–Crippen LogP) is 4.71. The number of nitrogens with one attached hydrogen (secondary N) is 1. The zero-order valence-corrected chi connectivity index (χ0v) is 20.0. The molecule has 1 N–H and O–H groups in total. The molecule has 0 aliphatic carbocycles. The lowest BCUT2D eigenvalue weighted by Crippen LogP contribution is -2.53. The molecule has 0 bridgehead atoms. The van der Waals surface area contributed by atoms with E-state index in [1.165, 1.54) is 0 Å². The van der Waals surface area contributed by atoms with Gasteiger partial charge in [0, 0.05) is 17.1 Å². The summed E-state index contributed by atoms with van der Waals surface area (Å²) in [6.07, 6.45) is 0.652. The van der Waals surface area contributed by atoms with Crippen LogP contribution >= 0.6 is 11.6 Å². The van der Waals surface area contributed by atoms with Crippen molar-refractivity contribution in [3.63, 3.8) is 0 Å². The second-order valence-corrected chi connectivity index (χ2v) is 9.28. The lowest BCUT2D eigenvalue weighted by molar-refractivity contribution is -0.142. The van der Waals surface area contributed by atoms with Crippen LogP contribution in [0, 0.1) is 13.8 Å². The van der Waals surface area contributed by atoms with Crippen molar-refractivity contribution in [3.05, 3.63) is 64.2 Å². The maximum atomic E-state index is 13.1. The van der Waals surface area contributed by atoms with E-state index in [-0.39, 0.29) is 24.0 Å². The summed E-state index contributed by atoms with van der Waals surface area (Å²) in [5.41, 5.74) is 2.51. The molecule has 5 nitrogen and oxygen atoms in total. The SMILES string of the molecule is Cc1cc(OCC(=O)N(CCc2ccccc2)[C@H](C)C(=O)NC(C)(C)C)cc(C)c1Cl. The molecule has 6 heteroatoms. The van der Waals surface area contributed by atoms with Crippen molar-refractivity contribution in [3.8, 4) is 5.75 Å². The number of rotatable bonds is 8. The smallest absolute Gasteiger partial charge is 0.261 e. The van der Waals surface area contributed by atoms with E-state index < -0.39 is 6.04 Å². The Hall–Kier alpha value is -2.53. The molecule has 2 aromatic rings. The molecule has 0 spiro atoms. The lowest BCUT2D eigenvalue weighted by Gasteiger charge is -2.31. The van der Waals surface area contributed by atoms with E-state index in [2.05, 4.69) is 5.32 Å². The average Bonchev–Trinajstić information content (AvgIpc) is 2.69. The summed E-state index contributed by atoms with van der Waals surface area (Å²) in [7, 11) is 0. The number of halogens is 1. The zero-order chi connectivity index (χ0) is 23.2. The molecule has 0 fully saturated rings. The Morgan fingerprint density at radius 2 is 1.68 bits per heavy atom. The van der Waals surface area contributed by atoms with E-state index in [1.807, 2.05) is 77.1 Å². The molecule has 168 valence electrons. The molecule has 31 heavy (non-hydrogen) atoms. The number of ether oxygens (including phenoxy) is 1. The van der Waals surface area contributed by atoms with Crippen molar-refractivity contribution in [2.75, 3.05) is 13.2 Å². The first kappa shape index (κ1) is 24.7. The summed E-state index contributed by atoms with van der Waals surface area (Å²) in [5, 5.41) is 3.65. The second-order valence-electron chi connectivity index (χ2n) is 8.90. The summed E-state index contributed by atoms with van der Waals surface area (Å²) in [6, 6.07) is 12.9. The van der Waals surface area contributed by atoms with E-state index in [0.29, 0.717) is 23.7 Å². The Kier molecular flexibility index (Phi) is 8.52. The highest BCUT2D eigenvalue weighted by Gasteiger charge is 2.28. The highest BCUT2D eigenvalue weighted by molar-refractivity contribution is 6.32. The Balaban J connectivity index is 2.13. The highest BCUT2D eigenvalue weighted by atomic mass is 35.5. The van der Waals surface area contributed by atoms with Crippen LogP contribution in [0.4, 0.5) is 0 Å². The number of carbonyl (C=O) groups excluding carboxylic acids is 2. The van der Waals surface area contributed by atoms with Crippen molar-refractivity contribution < 1.29 is 14.3 Å². The highest BCUT2D eigenvalue weighted by Crippen LogP contribution is 2.26. The Labute approximate surface area is 190 Å². The first-order valence-corrected chi connectivity index (χ1v) is 10.9. The molecule has 0 aliphatic rings. The summed E-state index contributed by atoms with van der Waals surface area (Å²) in [5.74, 6) is 0.160. The maximum absolute atomic E-state index is 13.1. The van der Waals surface area contributed by atoms with Crippen molar-refractivity contribution in [2.45, 2.75) is 59.5 Å². The molecular formula is C25H33ClN2O3. The van der Waals surface area contributed by atoms with E-state index in [4.69, 9.17) is 16.3 Å². The lowest BCUT2D eigenvalue weighted by atomic mass is 10.1.